The fraction of sp³-hybridized carbons (Fsp3) is 0.0426. The molecular weight excluding hydrogens is 865 g/mol. The van der Waals surface area contributed by atoms with Gasteiger partial charge in [-0.2, -0.15) is 0 Å². The van der Waals surface area contributed by atoms with E-state index in [1.165, 1.54) is 0 Å². The van der Waals surface area contributed by atoms with Crippen molar-refractivity contribution in [1.82, 2.24) is 4.98 Å². The third-order valence-electron chi connectivity index (χ3n) is 10.2. The lowest BCUT2D eigenvalue weighted by Gasteiger charge is -2.28. The van der Waals surface area contributed by atoms with E-state index >= 15 is 0 Å². The summed E-state index contributed by atoms with van der Waals surface area (Å²) in [7, 11) is 0. The van der Waals surface area contributed by atoms with Crippen LogP contribution in [-0.2, 0) is 45.9 Å². The van der Waals surface area contributed by atoms with Gasteiger partial charge in [0.25, 0.3) is 0 Å². The van der Waals surface area contributed by atoms with E-state index in [4.69, 9.17) is 55.7 Å². The van der Waals surface area contributed by atoms with E-state index in [2.05, 4.69) is 48.5 Å². The van der Waals surface area contributed by atoms with Crippen molar-refractivity contribution in [3.63, 3.8) is 0 Å². The Kier molecular flexibility index (Phi) is 9.83. The van der Waals surface area contributed by atoms with Crippen molar-refractivity contribution in [2.45, 2.75) is 32.8 Å². The molecule has 0 saturated heterocycles. The maximum atomic E-state index is 6.59. The predicted molar refractivity (Wildman–Crippen MR) is 249 cm³/mol. The first-order chi connectivity index (χ1) is 29.4. The van der Waals surface area contributed by atoms with E-state index in [1.54, 1.807) is 23.5 Å². The molecule has 0 radical (unpaired) electrons. The summed E-state index contributed by atoms with van der Waals surface area (Å²) in [5.74, 6) is 2.43. The van der Waals surface area contributed by atoms with Crippen LogP contribution in [0.15, 0.2) is 183 Å². The van der Waals surface area contributed by atoms with Crippen LogP contribution in [0.5, 0.6) is 23.0 Å². The Labute approximate surface area is 364 Å². The summed E-state index contributed by atoms with van der Waals surface area (Å²) in [6.07, 6.45) is 0. The molecule has 0 aliphatic carbocycles. The maximum absolute atomic E-state index is 6.59. The average molecular weight is 896 g/mol. The number of benzene rings is 8. The SMILES string of the molecule is S=P1(OCc2cccc(COP3(=S)Oc4ccc5ccccc5c4Sc4c(ccc5ccccc45)O3)n2)Oc2ccc3ccccc3c2Sc2c(ccc3ccccc23)O1. The van der Waals surface area contributed by atoms with Crippen LogP contribution in [0.1, 0.15) is 11.4 Å². The highest BCUT2D eigenvalue weighted by Crippen LogP contribution is 2.61. The standard InChI is InChI=1S/C47H31NO6P2S4/c57-55(51-40-24-20-30-10-1-5-16-36(30)44(40)59-45-37-17-6-2-11-31(37)21-25-41(45)52-55)49-28-34-14-9-15-35(48-34)29-50-56(58)53-42-26-22-32-12-3-7-18-38(32)46(42)60-47-39-19-8-4-13-33(39)23-27-43(47)54-56/h1-27H,28-29H2. The monoisotopic (exact) mass is 895 g/mol. The molecule has 294 valence electrons. The second kappa shape index (κ2) is 15.5. The average Bonchev–Trinajstić information content (AvgIpc) is 3.27. The molecule has 3 heterocycles. The quantitative estimate of drug-likeness (QED) is 0.150. The third kappa shape index (κ3) is 7.23. The number of aromatic nitrogens is 1. The first kappa shape index (κ1) is 38.0. The molecule has 0 unspecified atom stereocenters. The van der Waals surface area contributed by atoms with Crippen LogP contribution < -0.4 is 18.1 Å². The van der Waals surface area contributed by atoms with Gasteiger partial charge in [-0.25, -0.2) is 0 Å². The van der Waals surface area contributed by atoms with Gasteiger partial charge in [-0.15, -0.1) is 0 Å². The van der Waals surface area contributed by atoms with Crippen molar-refractivity contribution in [3.8, 4) is 23.0 Å². The first-order valence-electron chi connectivity index (χ1n) is 19.0. The number of pyridine rings is 1. The molecule has 0 spiro atoms. The van der Waals surface area contributed by atoms with Crippen LogP contribution >= 0.6 is 37.0 Å². The lowest BCUT2D eigenvalue weighted by atomic mass is 10.1. The summed E-state index contributed by atoms with van der Waals surface area (Å²) in [5, 5.41) is 8.63. The van der Waals surface area contributed by atoms with Crippen LogP contribution in [-0.4, -0.2) is 4.98 Å². The molecule has 0 N–H and O–H groups in total. The Hall–Kier alpha value is -4.93. The summed E-state index contributed by atoms with van der Waals surface area (Å²) in [6.45, 7) is -6.83. The molecule has 0 fully saturated rings. The number of rotatable bonds is 6. The second-order valence-corrected chi connectivity index (χ2v) is 21.8. The van der Waals surface area contributed by atoms with Crippen LogP contribution in [0.25, 0.3) is 43.1 Å². The fourth-order valence-corrected chi connectivity index (χ4v) is 13.8. The van der Waals surface area contributed by atoms with Gasteiger partial charge in [-0.05, 0) is 79.5 Å². The van der Waals surface area contributed by atoms with Gasteiger partial charge in [0, 0.05) is 23.6 Å². The zero-order valence-electron chi connectivity index (χ0n) is 31.4. The van der Waals surface area contributed by atoms with Crippen molar-refractivity contribution in [1.29, 1.82) is 0 Å². The van der Waals surface area contributed by atoms with Gasteiger partial charge in [0.1, 0.15) is 36.2 Å². The molecule has 0 bridgehead atoms. The second-order valence-electron chi connectivity index (χ2n) is 14.1. The summed E-state index contributed by atoms with van der Waals surface area (Å²) in [4.78, 5) is 8.70. The van der Waals surface area contributed by atoms with E-state index in [0.717, 1.165) is 62.7 Å². The number of hydrogen-bond acceptors (Lipinski definition) is 11. The molecule has 0 atom stereocenters. The van der Waals surface area contributed by atoms with E-state index in [9.17, 15) is 0 Å². The van der Waals surface area contributed by atoms with Crippen LogP contribution in [0.4, 0.5) is 0 Å². The van der Waals surface area contributed by atoms with E-state index < -0.39 is 13.4 Å². The predicted octanol–water partition coefficient (Wildman–Crippen LogP) is 14.4. The highest BCUT2D eigenvalue weighted by atomic mass is 32.5. The van der Waals surface area contributed by atoms with Crippen molar-refractivity contribution in [2.75, 3.05) is 0 Å². The minimum Gasteiger partial charge on any atom is -0.414 e. The van der Waals surface area contributed by atoms with Crippen LogP contribution in [0.2, 0.25) is 0 Å². The lowest BCUT2D eigenvalue weighted by molar-refractivity contribution is 0.240. The molecule has 2 aliphatic rings. The van der Waals surface area contributed by atoms with E-state index in [0.29, 0.717) is 34.4 Å². The highest BCUT2D eigenvalue weighted by Gasteiger charge is 2.34. The molecule has 8 aromatic carbocycles. The van der Waals surface area contributed by atoms with Crippen molar-refractivity contribution < 1.29 is 27.1 Å². The van der Waals surface area contributed by atoms with E-state index in [-0.39, 0.29) is 13.2 Å². The molecule has 7 nitrogen and oxygen atoms in total. The third-order valence-corrected chi connectivity index (χ3v) is 16.8. The topological polar surface area (TPSA) is 68.3 Å². The van der Waals surface area contributed by atoms with Gasteiger partial charge >= 0.3 is 13.4 Å². The Bertz CT molecular complexity index is 2900. The molecule has 11 rings (SSSR count). The summed E-state index contributed by atoms with van der Waals surface area (Å²) < 4.78 is 39.3. The summed E-state index contributed by atoms with van der Waals surface area (Å²) in [6, 6.07) is 54.6. The van der Waals surface area contributed by atoms with Crippen molar-refractivity contribution >= 4 is 104 Å². The minimum absolute atomic E-state index is 0.0311. The Morgan fingerprint density at radius 3 is 1.00 bits per heavy atom. The number of fused-ring (bicyclic) bond motifs is 12. The summed E-state index contributed by atoms with van der Waals surface area (Å²) >= 11 is 15.6. The van der Waals surface area contributed by atoms with Gasteiger partial charge in [0.15, 0.2) is 0 Å². The van der Waals surface area contributed by atoms with Gasteiger partial charge in [0.05, 0.1) is 31.0 Å². The normalized spacial score (nSPS) is 15.1. The van der Waals surface area contributed by atoms with Gasteiger partial charge < -0.3 is 18.1 Å². The summed E-state index contributed by atoms with van der Waals surface area (Å²) in [5.41, 5.74) is 1.23. The largest absolute Gasteiger partial charge is 0.435 e. The first-order valence-corrected chi connectivity index (χ1v) is 25.8. The van der Waals surface area contributed by atoms with Crippen LogP contribution in [0.3, 0.4) is 0 Å². The maximum Gasteiger partial charge on any atom is 0.435 e. The fourth-order valence-electron chi connectivity index (χ4n) is 7.41. The zero-order valence-corrected chi connectivity index (χ0v) is 36.5. The Morgan fingerprint density at radius 2 is 0.683 bits per heavy atom. The molecule has 1 aromatic heterocycles. The van der Waals surface area contributed by atoms with Gasteiger partial charge in [-0.1, -0.05) is 151 Å². The van der Waals surface area contributed by atoms with E-state index in [1.807, 2.05) is 115 Å². The van der Waals surface area contributed by atoms with Crippen LogP contribution in [0, 0.1) is 0 Å². The van der Waals surface area contributed by atoms with Gasteiger partial charge in [-0.3, -0.25) is 14.0 Å². The number of hydrogen-bond donors (Lipinski definition) is 0. The van der Waals surface area contributed by atoms with Crippen molar-refractivity contribution in [3.05, 3.63) is 175 Å². The zero-order chi connectivity index (χ0) is 40.3. The molecule has 60 heavy (non-hydrogen) atoms. The Morgan fingerprint density at radius 1 is 0.383 bits per heavy atom. The lowest BCUT2D eigenvalue weighted by Crippen LogP contribution is -2.10. The molecule has 9 aromatic rings. The minimum atomic E-state index is -3.44. The van der Waals surface area contributed by atoms with Crippen molar-refractivity contribution in [2.24, 2.45) is 0 Å². The molecule has 0 saturated carbocycles. The molecule has 2 aliphatic heterocycles. The highest BCUT2D eigenvalue weighted by molar-refractivity contribution is 8.08. The Balaban J connectivity index is 0.888. The van der Waals surface area contributed by atoms with Gasteiger partial charge in [0.2, 0.25) is 0 Å². The molecule has 13 heteroatoms. The molecule has 0 amide bonds. The number of nitrogens with zero attached hydrogens (tertiary/aromatic N) is 1. The molecular formula is C47H31NO6P2S4. The smallest absolute Gasteiger partial charge is 0.414 e.